The lowest BCUT2D eigenvalue weighted by Gasteiger charge is -2.47. The average Bonchev–Trinajstić information content (AvgIpc) is 2.24. The van der Waals surface area contributed by atoms with Crippen LogP contribution in [0.4, 0.5) is 0 Å². The molecule has 3 nitrogen and oxygen atoms in total. The molecule has 2 aliphatic rings. The summed E-state index contributed by atoms with van der Waals surface area (Å²) >= 11 is 0. The van der Waals surface area contributed by atoms with Crippen molar-refractivity contribution in [1.82, 2.24) is 0 Å². The molecule has 4 unspecified atom stereocenters. The summed E-state index contributed by atoms with van der Waals surface area (Å²) in [6.45, 7) is 2.03. The molecular formula is C12H18O3. The van der Waals surface area contributed by atoms with Crippen LogP contribution in [0.1, 0.15) is 19.8 Å². The van der Waals surface area contributed by atoms with Gasteiger partial charge in [-0.3, -0.25) is 0 Å². The predicted molar refractivity (Wildman–Crippen MR) is 57.1 cm³/mol. The largest absolute Gasteiger partial charge is 0.499 e. The number of allylic oxidation sites excluding steroid dienone is 2. The van der Waals surface area contributed by atoms with Gasteiger partial charge in [0.15, 0.2) is 0 Å². The van der Waals surface area contributed by atoms with E-state index in [-0.39, 0.29) is 11.3 Å². The fourth-order valence-corrected chi connectivity index (χ4v) is 2.66. The lowest BCUT2D eigenvalue weighted by atomic mass is 9.61. The van der Waals surface area contributed by atoms with Gasteiger partial charge in [0.1, 0.15) is 11.9 Å². The van der Waals surface area contributed by atoms with Crippen molar-refractivity contribution in [3.8, 4) is 0 Å². The van der Waals surface area contributed by atoms with Crippen molar-refractivity contribution < 1.29 is 14.9 Å². The number of hydrogen-bond donors (Lipinski definition) is 2. The number of aliphatic hydroxyl groups excluding tert-OH is 2. The van der Waals surface area contributed by atoms with Crippen LogP contribution in [0.5, 0.6) is 0 Å². The second-order valence-corrected chi connectivity index (χ2v) is 4.69. The van der Waals surface area contributed by atoms with Crippen LogP contribution in [-0.2, 0) is 4.74 Å². The lowest BCUT2D eigenvalue weighted by molar-refractivity contribution is -0.0615. The normalized spacial score (nSPS) is 44.5. The minimum Gasteiger partial charge on any atom is -0.499 e. The van der Waals surface area contributed by atoms with E-state index < -0.39 is 12.2 Å². The number of rotatable bonds is 1. The van der Waals surface area contributed by atoms with Gasteiger partial charge in [-0.15, -0.1) is 0 Å². The number of hydrogen-bond acceptors (Lipinski definition) is 3. The summed E-state index contributed by atoms with van der Waals surface area (Å²) in [6, 6.07) is 0. The van der Waals surface area contributed by atoms with E-state index in [0.29, 0.717) is 5.76 Å². The second-order valence-electron chi connectivity index (χ2n) is 4.69. The Morgan fingerprint density at radius 3 is 2.80 bits per heavy atom. The third-order valence-corrected chi connectivity index (χ3v) is 3.87. The number of ether oxygens (including phenoxy) is 1. The first-order chi connectivity index (χ1) is 7.09. The van der Waals surface area contributed by atoms with Crippen LogP contribution in [0.2, 0.25) is 0 Å². The molecule has 2 N–H and O–H groups in total. The summed E-state index contributed by atoms with van der Waals surface area (Å²) in [4.78, 5) is 0. The van der Waals surface area contributed by atoms with E-state index in [1.165, 1.54) is 7.11 Å². The topological polar surface area (TPSA) is 49.7 Å². The molecule has 0 aliphatic heterocycles. The number of fused-ring (bicyclic) bond motifs is 1. The highest BCUT2D eigenvalue weighted by Crippen LogP contribution is 2.47. The molecule has 0 aromatic carbocycles. The molecule has 0 saturated heterocycles. The van der Waals surface area contributed by atoms with Crippen LogP contribution in [0.25, 0.3) is 0 Å². The molecule has 0 amide bonds. The zero-order valence-electron chi connectivity index (χ0n) is 9.18. The van der Waals surface area contributed by atoms with Crippen molar-refractivity contribution in [2.24, 2.45) is 11.3 Å². The van der Waals surface area contributed by atoms with E-state index in [4.69, 9.17) is 4.74 Å². The van der Waals surface area contributed by atoms with E-state index in [2.05, 4.69) is 12.2 Å². The van der Waals surface area contributed by atoms with Gasteiger partial charge in [0.05, 0.1) is 13.2 Å². The van der Waals surface area contributed by atoms with Gasteiger partial charge in [-0.2, -0.15) is 0 Å². The maximum absolute atomic E-state index is 10.1. The zero-order chi connectivity index (χ0) is 11.1. The Hall–Kier alpha value is -0.800. The molecule has 0 spiro atoms. The van der Waals surface area contributed by atoms with Crippen molar-refractivity contribution in [1.29, 1.82) is 0 Å². The second kappa shape index (κ2) is 3.65. The van der Waals surface area contributed by atoms with Crippen molar-refractivity contribution >= 4 is 0 Å². The first-order valence-corrected chi connectivity index (χ1v) is 5.36. The van der Waals surface area contributed by atoms with Crippen molar-refractivity contribution in [3.63, 3.8) is 0 Å². The van der Waals surface area contributed by atoms with Gasteiger partial charge in [-0.25, -0.2) is 0 Å². The Kier molecular flexibility index (Phi) is 2.61. The van der Waals surface area contributed by atoms with Crippen molar-refractivity contribution in [2.45, 2.75) is 32.0 Å². The summed E-state index contributed by atoms with van der Waals surface area (Å²) in [7, 11) is 1.53. The molecule has 2 aliphatic carbocycles. The highest BCUT2D eigenvalue weighted by atomic mass is 16.5. The third kappa shape index (κ3) is 1.50. The Morgan fingerprint density at radius 1 is 1.40 bits per heavy atom. The Morgan fingerprint density at radius 2 is 2.13 bits per heavy atom. The summed E-state index contributed by atoms with van der Waals surface area (Å²) < 4.78 is 5.09. The maximum atomic E-state index is 10.1. The van der Waals surface area contributed by atoms with Crippen LogP contribution in [-0.4, -0.2) is 29.5 Å². The smallest absolute Gasteiger partial charge is 0.123 e. The molecule has 3 heteroatoms. The van der Waals surface area contributed by atoms with Gasteiger partial charge in [0.25, 0.3) is 0 Å². The molecule has 0 bridgehead atoms. The van der Waals surface area contributed by atoms with Gasteiger partial charge in [0, 0.05) is 11.3 Å². The van der Waals surface area contributed by atoms with Crippen molar-refractivity contribution in [2.75, 3.05) is 7.11 Å². The molecule has 0 aromatic rings. The first kappa shape index (κ1) is 10.7. The van der Waals surface area contributed by atoms with E-state index in [9.17, 15) is 10.2 Å². The van der Waals surface area contributed by atoms with E-state index >= 15 is 0 Å². The van der Waals surface area contributed by atoms with Crippen LogP contribution < -0.4 is 0 Å². The quantitative estimate of drug-likeness (QED) is 0.640. The Balaban J connectivity index is 2.36. The molecule has 0 aromatic heterocycles. The predicted octanol–water partition coefficient (Wildman–Crippen LogP) is 1.22. The Bertz CT molecular complexity index is 308. The summed E-state index contributed by atoms with van der Waals surface area (Å²) in [6.07, 6.45) is 6.28. The number of aliphatic hydroxyl groups is 2. The highest BCUT2D eigenvalue weighted by molar-refractivity contribution is 5.20. The van der Waals surface area contributed by atoms with Gasteiger partial charge in [-0.1, -0.05) is 19.1 Å². The number of methoxy groups -OCH3 is 1. The van der Waals surface area contributed by atoms with E-state index in [0.717, 1.165) is 12.8 Å². The fraction of sp³-hybridized carbons (Fsp3) is 0.667. The molecule has 0 fully saturated rings. The van der Waals surface area contributed by atoms with E-state index in [1.54, 1.807) is 6.08 Å². The minimum absolute atomic E-state index is 0.0532. The summed E-state index contributed by atoms with van der Waals surface area (Å²) in [5, 5.41) is 20.2. The molecule has 2 rings (SSSR count). The zero-order valence-corrected chi connectivity index (χ0v) is 9.18. The van der Waals surface area contributed by atoms with Crippen molar-refractivity contribution in [3.05, 3.63) is 24.0 Å². The van der Waals surface area contributed by atoms with Crippen LogP contribution in [0.3, 0.4) is 0 Å². The van der Waals surface area contributed by atoms with Gasteiger partial charge >= 0.3 is 0 Å². The van der Waals surface area contributed by atoms with Gasteiger partial charge in [0.2, 0.25) is 0 Å². The molecular weight excluding hydrogens is 192 g/mol. The summed E-state index contributed by atoms with van der Waals surface area (Å²) in [5.74, 6) is 0.553. The monoisotopic (exact) mass is 210 g/mol. The Labute approximate surface area is 90.1 Å². The van der Waals surface area contributed by atoms with Crippen LogP contribution in [0, 0.1) is 11.3 Å². The SMILES string of the molecule is COC1=CC(O)C2(C)CC=CCC2C1O. The molecule has 0 heterocycles. The molecule has 84 valence electrons. The van der Waals surface area contributed by atoms with Gasteiger partial charge < -0.3 is 14.9 Å². The van der Waals surface area contributed by atoms with E-state index in [1.807, 2.05) is 6.92 Å². The fourth-order valence-electron chi connectivity index (χ4n) is 2.66. The standard InChI is InChI=1S/C12H18O3/c1-12-6-4-3-5-8(12)11(14)9(15-2)7-10(12)13/h3-4,7-8,10-11,13-14H,5-6H2,1-2H3. The minimum atomic E-state index is -0.589. The maximum Gasteiger partial charge on any atom is 0.123 e. The van der Waals surface area contributed by atoms with Crippen LogP contribution in [0.15, 0.2) is 24.0 Å². The van der Waals surface area contributed by atoms with Gasteiger partial charge in [-0.05, 0) is 18.9 Å². The lowest BCUT2D eigenvalue weighted by Crippen LogP contribution is -2.49. The average molecular weight is 210 g/mol. The molecule has 15 heavy (non-hydrogen) atoms. The van der Waals surface area contributed by atoms with Crippen LogP contribution >= 0.6 is 0 Å². The molecule has 0 saturated carbocycles. The molecule has 4 atom stereocenters. The molecule has 0 radical (unpaired) electrons. The third-order valence-electron chi connectivity index (χ3n) is 3.87. The first-order valence-electron chi connectivity index (χ1n) is 5.36. The summed E-state index contributed by atoms with van der Waals surface area (Å²) in [5.41, 5.74) is -0.254. The highest BCUT2D eigenvalue weighted by Gasteiger charge is 2.48.